The van der Waals surface area contributed by atoms with Gasteiger partial charge in [0.05, 0.1) is 5.25 Å². The average Bonchev–Trinajstić information content (AvgIpc) is 2.33. The Bertz CT molecular complexity index is 347. The van der Waals surface area contributed by atoms with Gasteiger partial charge in [-0.3, -0.25) is 0 Å². The monoisotopic (exact) mass is 277 g/mol. The first-order valence-corrected chi connectivity index (χ1v) is 8.36. The Balaban J connectivity index is 2.06. The number of hydrogen-bond donors (Lipinski definition) is 1. The summed E-state index contributed by atoms with van der Waals surface area (Å²) in [6, 6.07) is 0.171. The number of hydrogen-bond acceptors (Lipinski definition) is 4. The lowest BCUT2D eigenvalue weighted by Gasteiger charge is -2.39. The average molecular weight is 277 g/mol. The molecule has 1 N–H and O–H groups in total. The first-order chi connectivity index (χ1) is 8.66. The maximum absolute atomic E-state index is 12.6. The van der Waals surface area contributed by atoms with Gasteiger partial charge in [-0.2, -0.15) is 4.31 Å². The van der Waals surface area contributed by atoms with Gasteiger partial charge in [-0.05, 0) is 32.1 Å². The summed E-state index contributed by atoms with van der Waals surface area (Å²) in [5.41, 5.74) is 0. The Hall–Kier alpha value is -0.170. The molecule has 1 aliphatic carbocycles. The van der Waals surface area contributed by atoms with Crippen molar-refractivity contribution in [2.24, 2.45) is 0 Å². The van der Waals surface area contributed by atoms with Gasteiger partial charge >= 0.3 is 0 Å². The molecule has 1 saturated carbocycles. The fourth-order valence-electron chi connectivity index (χ4n) is 2.58. The summed E-state index contributed by atoms with van der Waals surface area (Å²) in [6.45, 7) is 1.60. The lowest BCUT2D eigenvalue weighted by Crippen LogP contribution is -2.49. The van der Waals surface area contributed by atoms with Crippen LogP contribution in [0.3, 0.4) is 0 Å². The molecule has 0 amide bonds. The van der Waals surface area contributed by atoms with Crippen LogP contribution >= 0.6 is 0 Å². The number of ether oxygens (including phenoxy) is 1. The molecule has 2 aliphatic rings. The normalized spacial score (nSPS) is 23.2. The highest BCUT2D eigenvalue weighted by molar-refractivity contribution is 7.89. The topological polar surface area (TPSA) is 66.8 Å². The fraction of sp³-hybridized carbons (Fsp3) is 1.00. The van der Waals surface area contributed by atoms with Crippen LogP contribution in [0, 0.1) is 0 Å². The Morgan fingerprint density at radius 1 is 1.17 bits per heavy atom. The molecule has 0 aromatic carbocycles. The maximum atomic E-state index is 12.6. The highest BCUT2D eigenvalue weighted by Crippen LogP contribution is 2.30. The quantitative estimate of drug-likeness (QED) is 0.777. The van der Waals surface area contributed by atoms with E-state index >= 15 is 0 Å². The van der Waals surface area contributed by atoms with Crippen molar-refractivity contribution in [3.63, 3.8) is 0 Å². The summed E-state index contributed by atoms with van der Waals surface area (Å²) in [4.78, 5) is 0. The number of sulfonamides is 1. The lowest BCUT2D eigenvalue weighted by molar-refractivity contribution is 0.0957. The third kappa shape index (κ3) is 3.04. The molecule has 0 spiro atoms. The Kier molecular flexibility index (Phi) is 5.00. The Morgan fingerprint density at radius 2 is 1.83 bits per heavy atom. The second kappa shape index (κ2) is 6.32. The minimum atomic E-state index is -3.21. The molecule has 2 rings (SSSR count). The standard InChI is InChI=1S/C12H23NO4S/c14-8-2-7-13(11-3-1-4-11)18(15,16)12-5-9-17-10-6-12/h11-12,14H,1-10H2. The van der Waals surface area contributed by atoms with Crippen LogP contribution in [0.5, 0.6) is 0 Å². The zero-order chi connectivity index (χ0) is 13.0. The molecule has 0 aromatic heterocycles. The third-order valence-corrected chi connectivity index (χ3v) is 6.38. The lowest BCUT2D eigenvalue weighted by atomic mass is 9.93. The largest absolute Gasteiger partial charge is 0.396 e. The van der Waals surface area contributed by atoms with Gasteiger partial charge in [0.25, 0.3) is 0 Å². The second-order valence-corrected chi connectivity index (χ2v) is 7.29. The van der Waals surface area contributed by atoms with Gasteiger partial charge < -0.3 is 9.84 Å². The van der Waals surface area contributed by atoms with Crippen molar-refractivity contribution in [1.29, 1.82) is 0 Å². The van der Waals surface area contributed by atoms with Crippen molar-refractivity contribution in [2.45, 2.75) is 49.8 Å². The molecule has 1 saturated heterocycles. The summed E-state index contributed by atoms with van der Waals surface area (Å²) >= 11 is 0. The molecule has 0 bridgehead atoms. The minimum Gasteiger partial charge on any atom is -0.396 e. The zero-order valence-electron chi connectivity index (χ0n) is 10.8. The molecule has 106 valence electrons. The maximum Gasteiger partial charge on any atom is 0.217 e. The van der Waals surface area contributed by atoms with Crippen molar-refractivity contribution in [2.75, 3.05) is 26.4 Å². The molecular weight excluding hydrogens is 254 g/mol. The van der Waals surface area contributed by atoms with Crippen molar-refractivity contribution in [3.05, 3.63) is 0 Å². The van der Waals surface area contributed by atoms with Gasteiger partial charge in [-0.15, -0.1) is 0 Å². The molecule has 5 nitrogen and oxygen atoms in total. The SMILES string of the molecule is O=S(=O)(C1CCOCC1)N(CCCO)C1CCC1. The molecular formula is C12H23NO4S. The number of aliphatic hydroxyl groups is 1. The predicted molar refractivity (Wildman–Crippen MR) is 68.8 cm³/mol. The molecule has 0 atom stereocenters. The highest BCUT2D eigenvalue weighted by Gasteiger charge is 2.38. The van der Waals surface area contributed by atoms with Crippen molar-refractivity contribution in [3.8, 4) is 0 Å². The van der Waals surface area contributed by atoms with E-state index < -0.39 is 10.0 Å². The molecule has 18 heavy (non-hydrogen) atoms. The zero-order valence-corrected chi connectivity index (χ0v) is 11.6. The van der Waals surface area contributed by atoms with Crippen LogP contribution in [0.15, 0.2) is 0 Å². The summed E-state index contributed by atoms with van der Waals surface area (Å²) in [5, 5.41) is 8.64. The van der Waals surface area contributed by atoms with Crippen LogP contribution in [-0.2, 0) is 14.8 Å². The smallest absolute Gasteiger partial charge is 0.217 e. The first-order valence-electron chi connectivity index (χ1n) is 6.85. The van der Waals surface area contributed by atoms with Gasteiger partial charge in [-0.1, -0.05) is 6.42 Å². The van der Waals surface area contributed by atoms with E-state index in [-0.39, 0.29) is 17.9 Å². The van der Waals surface area contributed by atoms with Crippen LogP contribution in [-0.4, -0.2) is 55.5 Å². The number of aliphatic hydroxyl groups excluding tert-OH is 1. The minimum absolute atomic E-state index is 0.0481. The molecule has 0 unspecified atom stereocenters. The van der Waals surface area contributed by atoms with E-state index in [1.54, 1.807) is 4.31 Å². The van der Waals surface area contributed by atoms with E-state index in [1.807, 2.05) is 0 Å². The van der Waals surface area contributed by atoms with Gasteiger partial charge in [0.15, 0.2) is 0 Å². The van der Waals surface area contributed by atoms with Crippen LogP contribution in [0.2, 0.25) is 0 Å². The molecule has 1 aliphatic heterocycles. The van der Waals surface area contributed by atoms with Crippen LogP contribution in [0.4, 0.5) is 0 Å². The molecule has 0 aromatic rings. The molecule has 1 heterocycles. The van der Waals surface area contributed by atoms with E-state index in [0.29, 0.717) is 39.0 Å². The predicted octanol–water partition coefficient (Wildman–Crippen LogP) is 0.732. The van der Waals surface area contributed by atoms with Gasteiger partial charge in [0.1, 0.15) is 0 Å². The van der Waals surface area contributed by atoms with E-state index in [0.717, 1.165) is 19.3 Å². The van der Waals surface area contributed by atoms with Crippen LogP contribution in [0.1, 0.15) is 38.5 Å². The summed E-state index contributed by atoms with van der Waals surface area (Å²) < 4.78 is 32.1. The highest BCUT2D eigenvalue weighted by atomic mass is 32.2. The van der Waals surface area contributed by atoms with Gasteiger partial charge in [0.2, 0.25) is 10.0 Å². The molecule has 0 radical (unpaired) electrons. The summed E-state index contributed by atoms with van der Waals surface area (Å²) in [5.74, 6) is 0. The van der Waals surface area contributed by atoms with E-state index in [1.165, 1.54) is 0 Å². The number of nitrogens with zero attached hydrogens (tertiary/aromatic N) is 1. The Labute approximate surface area is 109 Å². The van der Waals surface area contributed by atoms with Crippen molar-refractivity contribution in [1.82, 2.24) is 4.31 Å². The Morgan fingerprint density at radius 3 is 2.33 bits per heavy atom. The van der Waals surface area contributed by atoms with E-state index in [4.69, 9.17) is 9.84 Å². The second-order valence-electron chi connectivity index (χ2n) is 5.13. The van der Waals surface area contributed by atoms with Crippen molar-refractivity contribution >= 4 is 10.0 Å². The van der Waals surface area contributed by atoms with Crippen LogP contribution in [0.25, 0.3) is 0 Å². The summed E-state index contributed by atoms with van der Waals surface area (Å²) in [7, 11) is -3.21. The molecule has 6 heteroatoms. The fourth-order valence-corrected chi connectivity index (χ4v) is 4.77. The van der Waals surface area contributed by atoms with E-state index in [2.05, 4.69) is 0 Å². The van der Waals surface area contributed by atoms with Gasteiger partial charge in [0, 0.05) is 32.4 Å². The van der Waals surface area contributed by atoms with Gasteiger partial charge in [-0.25, -0.2) is 8.42 Å². The van der Waals surface area contributed by atoms with E-state index in [9.17, 15) is 8.42 Å². The summed E-state index contributed by atoms with van der Waals surface area (Å²) in [6.07, 6.45) is 4.78. The number of rotatable bonds is 6. The van der Waals surface area contributed by atoms with Crippen LogP contribution < -0.4 is 0 Å². The van der Waals surface area contributed by atoms with Crippen molar-refractivity contribution < 1.29 is 18.3 Å². The molecule has 2 fully saturated rings. The third-order valence-electron chi connectivity index (χ3n) is 3.94. The first kappa shape index (κ1) is 14.2.